The molecule has 1 fully saturated rings. The summed E-state index contributed by atoms with van der Waals surface area (Å²) in [6, 6.07) is 6.63. The Bertz CT molecular complexity index is 481. The minimum atomic E-state index is -0.204. The summed E-state index contributed by atoms with van der Waals surface area (Å²) in [5, 5.41) is 6.57. The fraction of sp³-hybridized carbons (Fsp3) is 0.588. The lowest BCUT2D eigenvalue weighted by Crippen LogP contribution is -2.38. The number of halogens is 1. The number of likely N-dealkylation sites (tertiary alicyclic amines) is 1. The van der Waals surface area contributed by atoms with Crippen LogP contribution in [0.25, 0.3) is 0 Å². The molecule has 2 N–H and O–H groups in total. The zero-order chi connectivity index (χ0) is 15.8. The number of hydrogen-bond donors (Lipinski definition) is 2. The van der Waals surface area contributed by atoms with Gasteiger partial charge in [0.1, 0.15) is 5.82 Å². The molecule has 0 unspecified atom stereocenters. The molecule has 1 heterocycles. The standard InChI is InChI=1S/C17H27FN4/c1-19-17(21-13-15-4-3-5-16(18)12-15)20-9-6-14-7-10-22(2)11-8-14/h3-5,12,14H,6-11,13H2,1-2H3,(H2,19,20,21). The monoisotopic (exact) mass is 306 g/mol. The van der Waals surface area contributed by atoms with Gasteiger partial charge in [0, 0.05) is 20.1 Å². The molecule has 0 radical (unpaired) electrons. The second-order valence-electron chi connectivity index (χ2n) is 6.02. The molecule has 1 aliphatic rings. The molecule has 4 nitrogen and oxygen atoms in total. The van der Waals surface area contributed by atoms with Crippen LogP contribution in [0.1, 0.15) is 24.8 Å². The minimum absolute atomic E-state index is 0.204. The minimum Gasteiger partial charge on any atom is -0.356 e. The Morgan fingerprint density at radius 1 is 1.32 bits per heavy atom. The number of benzene rings is 1. The molecule has 0 aromatic heterocycles. The molecule has 22 heavy (non-hydrogen) atoms. The Labute approximate surface area is 132 Å². The molecule has 0 bridgehead atoms. The van der Waals surface area contributed by atoms with Gasteiger partial charge in [0.25, 0.3) is 0 Å². The van der Waals surface area contributed by atoms with Crippen LogP contribution in [0.5, 0.6) is 0 Å². The number of piperidine rings is 1. The van der Waals surface area contributed by atoms with Crippen LogP contribution >= 0.6 is 0 Å². The summed E-state index contributed by atoms with van der Waals surface area (Å²) in [7, 11) is 3.95. The molecule has 1 aliphatic heterocycles. The van der Waals surface area contributed by atoms with E-state index in [9.17, 15) is 4.39 Å². The van der Waals surface area contributed by atoms with Crippen molar-refractivity contribution in [1.29, 1.82) is 0 Å². The van der Waals surface area contributed by atoms with E-state index in [1.807, 2.05) is 6.07 Å². The molecule has 0 atom stereocenters. The quantitative estimate of drug-likeness (QED) is 0.647. The lowest BCUT2D eigenvalue weighted by Gasteiger charge is -2.29. The molecule has 1 aromatic carbocycles. The van der Waals surface area contributed by atoms with Crippen LogP contribution in [0.15, 0.2) is 29.3 Å². The predicted molar refractivity (Wildman–Crippen MR) is 89.4 cm³/mol. The Balaban J connectivity index is 1.67. The molecule has 1 aromatic rings. The van der Waals surface area contributed by atoms with Crippen molar-refractivity contribution in [2.24, 2.45) is 10.9 Å². The van der Waals surface area contributed by atoms with Gasteiger partial charge in [-0.2, -0.15) is 0 Å². The number of nitrogens with zero attached hydrogens (tertiary/aromatic N) is 2. The molecular formula is C17H27FN4. The van der Waals surface area contributed by atoms with Gasteiger partial charge >= 0.3 is 0 Å². The van der Waals surface area contributed by atoms with Gasteiger partial charge in [0.2, 0.25) is 0 Å². The molecule has 2 rings (SSSR count). The molecule has 0 aliphatic carbocycles. The Morgan fingerprint density at radius 2 is 2.09 bits per heavy atom. The van der Waals surface area contributed by atoms with Crippen LogP contribution in [0.3, 0.4) is 0 Å². The summed E-state index contributed by atoms with van der Waals surface area (Å²) >= 11 is 0. The smallest absolute Gasteiger partial charge is 0.191 e. The first-order valence-electron chi connectivity index (χ1n) is 8.05. The first kappa shape index (κ1) is 16.7. The van der Waals surface area contributed by atoms with Gasteiger partial charge < -0.3 is 15.5 Å². The van der Waals surface area contributed by atoms with E-state index in [0.29, 0.717) is 6.54 Å². The topological polar surface area (TPSA) is 39.7 Å². The summed E-state index contributed by atoms with van der Waals surface area (Å²) < 4.78 is 13.1. The Morgan fingerprint density at radius 3 is 2.77 bits per heavy atom. The maximum absolute atomic E-state index is 13.1. The van der Waals surface area contributed by atoms with Crippen LogP contribution in [0.2, 0.25) is 0 Å². The third-order valence-corrected chi connectivity index (χ3v) is 4.26. The highest BCUT2D eigenvalue weighted by molar-refractivity contribution is 5.79. The van der Waals surface area contributed by atoms with Gasteiger partial charge in [-0.05, 0) is 63.0 Å². The second kappa shape index (κ2) is 8.73. The zero-order valence-corrected chi connectivity index (χ0v) is 13.6. The van der Waals surface area contributed by atoms with Crippen molar-refractivity contribution < 1.29 is 4.39 Å². The highest BCUT2D eigenvalue weighted by Crippen LogP contribution is 2.18. The van der Waals surface area contributed by atoms with Crippen molar-refractivity contribution in [3.63, 3.8) is 0 Å². The maximum Gasteiger partial charge on any atom is 0.191 e. The second-order valence-corrected chi connectivity index (χ2v) is 6.02. The van der Waals surface area contributed by atoms with E-state index in [-0.39, 0.29) is 5.82 Å². The van der Waals surface area contributed by atoms with E-state index < -0.39 is 0 Å². The molecule has 0 saturated carbocycles. The zero-order valence-electron chi connectivity index (χ0n) is 13.6. The van der Waals surface area contributed by atoms with Crippen molar-refractivity contribution in [2.75, 3.05) is 33.7 Å². The van der Waals surface area contributed by atoms with E-state index in [1.165, 1.54) is 38.4 Å². The summed E-state index contributed by atoms with van der Waals surface area (Å²) in [5.41, 5.74) is 0.915. The van der Waals surface area contributed by atoms with Gasteiger partial charge in [0.05, 0.1) is 0 Å². The Hall–Kier alpha value is -1.62. The van der Waals surface area contributed by atoms with Gasteiger partial charge in [-0.3, -0.25) is 4.99 Å². The van der Waals surface area contributed by atoms with Gasteiger partial charge in [-0.15, -0.1) is 0 Å². The number of guanidine groups is 1. The van der Waals surface area contributed by atoms with Crippen LogP contribution in [-0.4, -0.2) is 44.6 Å². The van der Waals surface area contributed by atoms with Crippen molar-refractivity contribution >= 4 is 5.96 Å². The molecular weight excluding hydrogens is 279 g/mol. The van der Waals surface area contributed by atoms with Gasteiger partial charge in [0.15, 0.2) is 5.96 Å². The molecule has 1 saturated heterocycles. The third-order valence-electron chi connectivity index (χ3n) is 4.26. The first-order valence-corrected chi connectivity index (χ1v) is 8.05. The first-order chi connectivity index (χ1) is 10.7. The average molecular weight is 306 g/mol. The third kappa shape index (κ3) is 5.64. The van der Waals surface area contributed by atoms with E-state index >= 15 is 0 Å². The number of rotatable bonds is 5. The normalized spacial score (nSPS) is 17.5. The van der Waals surface area contributed by atoms with Crippen molar-refractivity contribution in [3.8, 4) is 0 Å². The molecule has 122 valence electrons. The van der Waals surface area contributed by atoms with Crippen molar-refractivity contribution in [2.45, 2.75) is 25.8 Å². The van der Waals surface area contributed by atoms with Crippen molar-refractivity contribution in [1.82, 2.24) is 15.5 Å². The highest BCUT2D eigenvalue weighted by atomic mass is 19.1. The van der Waals surface area contributed by atoms with Crippen LogP contribution in [0.4, 0.5) is 4.39 Å². The largest absolute Gasteiger partial charge is 0.356 e. The molecule has 0 spiro atoms. The molecule has 0 amide bonds. The lowest BCUT2D eigenvalue weighted by atomic mass is 9.94. The van der Waals surface area contributed by atoms with E-state index in [2.05, 4.69) is 27.6 Å². The lowest BCUT2D eigenvalue weighted by molar-refractivity contribution is 0.213. The van der Waals surface area contributed by atoms with Gasteiger partial charge in [-0.1, -0.05) is 12.1 Å². The summed E-state index contributed by atoms with van der Waals surface area (Å²) in [5.74, 6) is 1.38. The molecule has 5 heteroatoms. The average Bonchev–Trinajstić information content (AvgIpc) is 2.52. The van der Waals surface area contributed by atoms with E-state index in [1.54, 1.807) is 19.2 Å². The summed E-state index contributed by atoms with van der Waals surface area (Å²) in [6.45, 7) is 3.91. The number of hydrogen-bond acceptors (Lipinski definition) is 2. The summed E-state index contributed by atoms with van der Waals surface area (Å²) in [6.07, 6.45) is 3.75. The maximum atomic E-state index is 13.1. The fourth-order valence-electron chi connectivity index (χ4n) is 2.80. The van der Waals surface area contributed by atoms with Gasteiger partial charge in [-0.25, -0.2) is 4.39 Å². The predicted octanol–water partition coefficient (Wildman–Crippen LogP) is 2.22. The van der Waals surface area contributed by atoms with E-state index in [4.69, 9.17) is 0 Å². The SMILES string of the molecule is CN=C(NCCC1CCN(C)CC1)NCc1cccc(F)c1. The fourth-order valence-corrected chi connectivity index (χ4v) is 2.80. The van der Waals surface area contributed by atoms with Crippen LogP contribution < -0.4 is 10.6 Å². The van der Waals surface area contributed by atoms with Crippen LogP contribution in [0, 0.1) is 11.7 Å². The van der Waals surface area contributed by atoms with Crippen molar-refractivity contribution in [3.05, 3.63) is 35.6 Å². The number of aliphatic imine (C=N–C) groups is 1. The highest BCUT2D eigenvalue weighted by Gasteiger charge is 2.16. The number of nitrogens with one attached hydrogen (secondary N) is 2. The summed E-state index contributed by atoms with van der Waals surface area (Å²) in [4.78, 5) is 6.60. The van der Waals surface area contributed by atoms with E-state index in [0.717, 1.165) is 24.0 Å². The van der Waals surface area contributed by atoms with Crippen LogP contribution in [-0.2, 0) is 6.54 Å². The Kier molecular flexibility index (Phi) is 6.65.